The van der Waals surface area contributed by atoms with Crippen LogP contribution in [-0.2, 0) is 0 Å². The van der Waals surface area contributed by atoms with E-state index in [0.29, 0.717) is 5.56 Å². The van der Waals surface area contributed by atoms with E-state index in [0.717, 1.165) is 11.3 Å². The molecule has 0 bridgehead atoms. The zero-order valence-electron chi connectivity index (χ0n) is 11.0. The van der Waals surface area contributed by atoms with Crippen LogP contribution >= 0.6 is 0 Å². The average Bonchev–Trinajstić information content (AvgIpc) is 2.41. The van der Waals surface area contributed by atoms with Gasteiger partial charge in [0.2, 0.25) is 6.54 Å². The minimum Gasteiger partial charge on any atom is -0.372 e. The molecular weight excluding hydrogens is 259 g/mol. The van der Waals surface area contributed by atoms with E-state index in [1.54, 1.807) is 18.2 Å². The third kappa shape index (κ3) is 3.54. The molecule has 0 spiro atoms. The van der Waals surface area contributed by atoms with Crippen molar-refractivity contribution in [3.63, 3.8) is 0 Å². The van der Waals surface area contributed by atoms with Gasteiger partial charge in [0, 0.05) is 16.2 Å². The molecule has 0 amide bonds. The summed E-state index contributed by atoms with van der Waals surface area (Å²) in [7, 11) is 0. The minimum absolute atomic E-state index is 0.296. The van der Waals surface area contributed by atoms with Crippen molar-refractivity contribution < 1.29 is 9.31 Å². The molecule has 0 saturated carbocycles. The zero-order valence-corrected chi connectivity index (χ0v) is 11.0. The molecule has 1 N–H and O–H groups in total. The first-order chi connectivity index (χ1) is 9.56. The Labute approximate surface area is 116 Å². The lowest BCUT2D eigenvalue weighted by Gasteiger charge is -2.17. The maximum atomic E-state index is 13.8. The molecule has 0 aliphatic rings. The Morgan fingerprint density at radius 3 is 2.45 bits per heavy atom. The standard InChI is InChI=1S/C15H15FN2O2/c1-11-6-8-12(9-7-11)17-15(10-18(19)20)13-4-2-3-5-14(13)16/h2-9,15,17H,10H2,1H3. The van der Waals surface area contributed by atoms with Crippen molar-refractivity contribution in [3.8, 4) is 0 Å². The van der Waals surface area contributed by atoms with E-state index in [-0.39, 0.29) is 6.54 Å². The second-order valence-electron chi connectivity index (χ2n) is 4.60. The Morgan fingerprint density at radius 2 is 1.85 bits per heavy atom. The van der Waals surface area contributed by atoms with E-state index in [9.17, 15) is 14.5 Å². The lowest BCUT2D eigenvalue weighted by molar-refractivity contribution is -0.482. The first-order valence-electron chi connectivity index (χ1n) is 6.25. The van der Waals surface area contributed by atoms with Crippen molar-refractivity contribution in [3.05, 3.63) is 75.6 Å². The molecule has 0 saturated heterocycles. The van der Waals surface area contributed by atoms with Gasteiger partial charge in [-0.2, -0.15) is 0 Å². The van der Waals surface area contributed by atoms with Crippen LogP contribution in [0.15, 0.2) is 48.5 Å². The smallest absolute Gasteiger partial charge is 0.228 e. The quantitative estimate of drug-likeness (QED) is 0.670. The van der Waals surface area contributed by atoms with Crippen LogP contribution in [0.2, 0.25) is 0 Å². The Kier molecular flexibility index (Phi) is 4.30. The molecule has 0 aliphatic heterocycles. The number of benzene rings is 2. The number of hydrogen-bond acceptors (Lipinski definition) is 3. The number of anilines is 1. The Balaban J connectivity index is 2.26. The van der Waals surface area contributed by atoms with Gasteiger partial charge in [0.1, 0.15) is 11.9 Å². The molecule has 5 heteroatoms. The molecule has 104 valence electrons. The van der Waals surface area contributed by atoms with Gasteiger partial charge in [-0.1, -0.05) is 35.9 Å². The second-order valence-corrected chi connectivity index (χ2v) is 4.60. The molecule has 1 atom stereocenters. The minimum atomic E-state index is -0.700. The van der Waals surface area contributed by atoms with Crippen LogP contribution in [0, 0.1) is 22.9 Å². The van der Waals surface area contributed by atoms with E-state index in [1.165, 1.54) is 6.07 Å². The molecule has 0 heterocycles. The number of nitrogens with zero attached hydrogens (tertiary/aromatic N) is 1. The number of nitro groups is 1. The van der Waals surface area contributed by atoms with E-state index < -0.39 is 16.8 Å². The van der Waals surface area contributed by atoms with Gasteiger partial charge in [0.05, 0.1) is 0 Å². The van der Waals surface area contributed by atoms with Crippen LogP contribution in [0.4, 0.5) is 10.1 Å². The first kappa shape index (κ1) is 14.0. The highest BCUT2D eigenvalue weighted by Gasteiger charge is 2.20. The van der Waals surface area contributed by atoms with Crippen molar-refractivity contribution in [2.45, 2.75) is 13.0 Å². The number of nitrogens with one attached hydrogen (secondary N) is 1. The van der Waals surface area contributed by atoms with Gasteiger partial charge >= 0.3 is 0 Å². The third-order valence-corrected chi connectivity index (χ3v) is 3.00. The lowest BCUT2D eigenvalue weighted by atomic mass is 10.1. The summed E-state index contributed by atoms with van der Waals surface area (Å²) in [6.45, 7) is 1.57. The van der Waals surface area contributed by atoms with Crippen molar-refractivity contribution in [1.29, 1.82) is 0 Å². The van der Waals surface area contributed by atoms with Crippen LogP contribution in [-0.4, -0.2) is 11.5 Å². The van der Waals surface area contributed by atoms with Crippen molar-refractivity contribution in [2.24, 2.45) is 0 Å². The molecule has 4 nitrogen and oxygen atoms in total. The number of rotatable bonds is 5. The monoisotopic (exact) mass is 274 g/mol. The average molecular weight is 274 g/mol. The molecular formula is C15H15FN2O2. The highest BCUT2D eigenvalue weighted by Crippen LogP contribution is 2.22. The van der Waals surface area contributed by atoms with Crippen LogP contribution in [0.25, 0.3) is 0 Å². The summed E-state index contributed by atoms with van der Waals surface area (Å²) in [5.41, 5.74) is 2.11. The lowest BCUT2D eigenvalue weighted by Crippen LogP contribution is -2.21. The molecule has 1 unspecified atom stereocenters. The fraction of sp³-hybridized carbons (Fsp3) is 0.200. The van der Waals surface area contributed by atoms with Crippen molar-refractivity contribution in [1.82, 2.24) is 0 Å². The Bertz CT molecular complexity index is 599. The van der Waals surface area contributed by atoms with Crippen LogP contribution in [0.1, 0.15) is 17.2 Å². The SMILES string of the molecule is Cc1ccc(NC(C[N+](=O)[O-])c2ccccc2F)cc1. The normalized spacial score (nSPS) is 11.9. The fourth-order valence-corrected chi connectivity index (χ4v) is 1.98. The molecule has 2 rings (SSSR count). The van der Waals surface area contributed by atoms with Gasteiger partial charge in [-0.15, -0.1) is 0 Å². The Hall–Kier alpha value is -2.43. The second kappa shape index (κ2) is 6.14. The topological polar surface area (TPSA) is 55.2 Å². The third-order valence-electron chi connectivity index (χ3n) is 3.00. The van der Waals surface area contributed by atoms with Gasteiger partial charge in [-0.3, -0.25) is 10.1 Å². The summed E-state index contributed by atoms with van der Waals surface area (Å²) in [6, 6.07) is 12.8. The molecule has 2 aromatic carbocycles. The van der Waals surface area contributed by atoms with Crippen LogP contribution < -0.4 is 5.32 Å². The highest BCUT2D eigenvalue weighted by molar-refractivity contribution is 5.46. The summed E-state index contributed by atoms with van der Waals surface area (Å²) in [5.74, 6) is -0.445. The summed E-state index contributed by atoms with van der Waals surface area (Å²) in [5, 5.41) is 13.8. The number of halogens is 1. The number of aryl methyl sites for hydroxylation is 1. The van der Waals surface area contributed by atoms with Gasteiger partial charge in [0.25, 0.3) is 0 Å². The van der Waals surface area contributed by atoms with Gasteiger partial charge in [-0.25, -0.2) is 4.39 Å². The molecule has 0 aliphatic carbocycles. The zero-order chi connectivity index (χ0) is 14.5. The maximum absolute atomic E-state index is 13.8. The Morgan fingerprint density at radius 1 is 1.20 bits per heavy atom. The maximum Gasteiger partial charge on any atom is 0.228 e. The van der Waals surface area contributed by atoms with E-state index in [1.807, 2.05) is 31.2 Å². The summed E-state index contributed by atoms with van der Waals surface area (Å²) < 4.78 is 13.8. The summed E-state index contributed by atoms with van der Waals surface area (Å²) in [6.07, 6.45) is 0. The number of hydrogen-bond donors (Lipinski definition) is 1. The predicted molar refractivity (Wildman–Crippen MR) is 75.8 cm³/mol. The molecule has 0 aromatic heterocycles. The van der Waals surface area contributed by atoms with Gasteiger partial charge in [-0.05, 0) is 25.1 Å². The van der Waals surface area contributed by atoms with E-state index >= 15 is 0 Å². The first-order valence-corrected chi connectivity index (χ1v) is 6.25. The van der Waals surface area contributed by atoms with Crippen molar-refractivity contribution in [2.75, 3.05) is 11.9 Å². The molecule has 0 radical (unpaired) electrons. The summed E-state index contributed by atoms with van der Waals surface area (Å²) in [4.78, 5) is 10.3. The fourth-order valence-electron chi connectivity index (χ4n) is 1.98. The molecule has 0 fully saturated rings. The van der Waals surface area contributed by atoms with Gasteiger partial charge < -0.3 is 5.32 Å². The largest absolute Gasteiger partial charge is 0.372 e. The van der Waals surface area contributed by atoms with Crippen molar-refractivity contribution >= 4 is 5.69 Å². The van der Waals surface area contributed by atoms with Crippen LogP contribution in [0.5, 0.6) is 0 Å². The summed E-state index contributed by atoms with van der Waals surface area (Å²) >= 11 is 0. The van der Waals surface area contributed by atoms with E-state index in [2.05, 4.69) is 5.32 Å². The molecule has 2 aromatic rings. The van der Waals surface area contributed by atoms with E-state index in [4.69, 9.17) is 0 Å². The molecule has 20 heavy (non-hydrogen) atoms. The predicted octanol–water partition coefficient (Wildman–Crippen LogP) is 3.56. The van der Waals surface area contributed by atoms with Gasteiger partial charge in [0.15, 0.2) is 0 Å². The van der Waals surface area contributed by atoms with Crippen LogP contribution in [0.3, 0.4) is 0 Å². The highest BCUT2D eigenvalue weighted by atomic mass is 19.1.